The first-order valence-electron chi connectivity index (χ1n) is 7.50. The third-order valence-corrected chi connectivity index (χ3v) is 5.01. The molecule has 1 heterocycles. The number of amides is 2. The van der Waals surface area contributed by atoms with Crippen LogP contribution < -0.4 is 15.8 Å². The smallest absolute Gasteiger partial charge is 0.252 e. The lowest BCUT2D eigenvalue weighted by atomic mass is 9.89. The molecule has 0 unspecified atom stereocenters. The maximum atomic E-state index is 11.9. The van der Waals surface area contributed by atoms with Gasteiger partial charge >= 0.3 is 0 Å². The fraction of sp³-hybridized carbons (Fsp3) is 0.294. The van der Waals surface area contributed by atoms with Gasteiger partial charge in [0.1, 0.15) is 10.8 Å². The number of hydrogen-bond acceptors (Lipinski definition) is 4. The van der Waals surface area contributed by atoms with E-state index in [4.69, 9.17) is 10.5 Å². The molecule has 0 fully saturated rings. The van der Waals surface area contributed by atoms with Gasteiger partial charge in [-0.15, -0.1) is 11.3 Å². The van der Waals surface area contributed by atoms with Gasteiger partial charge in [0.2, 0.25) is 5.91 Å². The Kier molecular flexibility index (Phi) is 4.09. The zero-order valence-corrected chi connectivity index (χ0v) is 13.9. The molecule has 1 aliphatic rings. The number of thiophene rings is 1. The van der Waals surface area contributed by atoms with E-state index in [2.05, 4.69) is 11.4 Å². The zero-order valence-electron chi connectivity index (χ0n) is 13.1. The average Bonchev–Trinajstić information content (AvgIpc) is 2.85. The standard InChI is InChI=1S/C17H18N2O3S/c1-3-22-11-6-4-10-5-7-12-14(16(18)21)17(19-9(2)20)23-15(12)13(10)8-11/h4,6,8H,3,5,7H2,1-2H3,(H2,18,21)(H,19,20). The van der Waals surface area contributed by atoms with Crippen LogP contribution in [0.25, 0.3) is 10.4 Å². The van der Waals surface area contributed by atoms with Crippen LogP contribution in [0.2, 0.25) is 0 Å². The van der Waals surface area contributed by atoms with Crippen LogP contribution in [0.5, 0.6) is 5.75 Å². The van der Waals surface area contributed by atoms with Crippen molar-refractivity contribution in [2.45, 2.75) is 26.7 Å². The van der Waals surface area contributed by atoms with Gasteiger partial charge in [-0.2, -0.15) is 0 Å². The maximum Gasteiger partial charge on any atom is 0.252 e. The first-order valence-corrected chi connectivity index (χ1v) is 8.32. The van der Waals surface area contributed by atoms with Crippen LogP contribution in [-0.2, 0) is 17.6 Å². The van der Waals surface area contributed by atoms with Crippen LogP contribution in [0, 0.1) is 0 Å². The van der Waals surface area contributed by atoms with E-state index in [0.29, 0.717) is 17.2 Å². The Morgan fingerprint density at radius 1 is 1.35 bits per heavy atom. The predicted octanol–water partition coefficient (Wildman–Crippen LogP) is 2.97. The van der Waals surface area contributed by atoms with Gasteiger partial charge in [0, 0.05) is 11.8 Å². The van der Waals surface area contributed by atoms with Gasteiger partial charge in [-0.05, 0) is 48.6 Å². The van der Waals surface area contributed by atoms with Crippen molar-refractivity contribution in [3.8, 4) is 16.2 Å². The van der Waals surface area contributed by atoms with Crippen LogP contribution in [0.1, 0.15) is 35.3 Å². The lowest BCUT2D eigenvalue weighted by Crippen LogP contribution is -2.17. The van der Waals surface area contributed by atoms with Crippen LogP contribution in [0.15, 0.2) is 18.2 Å². The largest absolute Gasteiger partial charge is 0.494 e. The third-order valence-electron chi connectivity index (χ3n) is 3.82. The minimum Gasteiger partial charge on any atom is -0.494 e. The molecule has 0 bridgehead atoms. The Hall–Kier alpha value is -2.34. The maximum absolute atomic E-state index is 11.9. The fourth-order valence-electron chi connectivity index (χ4n) is 2.93. The van der Waals surface area contributed by atoms with E-state index in [0.717, 1.165) is 34.6 Å². The third kappa shape index (κ3) is 2.82. The number of fused-ring (bicyclic) bond motifs is 3. The summed E-state index contributed by atoms with van der Waals surface area (Å²) in [7, 11) is 0. The molecule has 3 N–H and O–H groups in total. The molecule has 120 valence electrons. The molecule has 5 nitrogen and oxygen atoms in total. The predicted molar refractivity (Wildman–Crippen MR) is 91.2 cm³/mol. The number of ether oxygens (including phenoxy) is 1. The zero-order chi connectivity index (χ0) is 16.6. The summed E-state index contributed by atoms with van der Waals surface area (Å²) >= 11 is 1.40. The second-order valence-electron chi connectivity index (χ2n) is 5.41. The van der Waals surface area contributed by atoms with Crippen molar-refractivity contribution in [3.63, 3.8) is 0 Å². The van der Waals surface area contributed by atoms with Gasteiger partial charge in [0.15, 0.2) is 0 Å². The SMILES string of the molecule is CCOc1ccc2c(c1)-c1sc(NC(C)=O)c(C(N)=O)c1CC2. The van der Waals surface area contributed by atoms with Crippen molar-refractivity contribution in [2.24, 2.45) is 5.73 Å². The Morgan fingerprint density at radius 2 is 2.13 bits per heavy atom. The highest BCUT2D eigenvalue weighted by Crippen LogP contribution is 2.45. The Morgan fingerprint density at radius 3 is 2.78 bits per heavy atom. The van der Waals surface area contributed by atoms with E-state index >= 15 is 0 Å². The van der Waals surface area contributed by atoms with E-state index in [-0.39, 0.29) is 5.91 Å². The monoisotopic (exact) mass is 330 g/mol. The molecule has 0 spiro atoms. The second kappa shape index (κ2) is 6.04. The van der Waals surface area contributed by atoms with Crippen molar-refractivity contribution in [2.75, 3.05) is 11.9 Å². The molecular weight excluding hydrogens is 312 g/mol. The molecule has 0 atom stereocenters. The van der Waals surface area contributed by atoms with Gasteiger partial charge in [0.25, 0.3) is 5.91 Å². The van der Waals surface area contributed by atoms with Crippen molar-refractivity contribution in [3.05, 3.63) is 34.9 Å². The average molecular weight is 330 g/mol. The molecule has 2 amide bonds. The molecule has 0 aliphatic heterocycles. The van der Waals surface area contributed by atoms with Gasteiger partial charge in [0.05, 0.1) is 12.2 Å². The van der Waals surface area contributed by atoms with Gasteiger partial charge in [-0.25, -0.2) is 0 Å². The summed E-state index contributed by atoms with van der Waals surface area (Å²) in [5.41, 5.74) is 9.18. The molecule has 1 aliphatic carbocycles. The summed E-state index contributed by atoms with van der Waals surface area (Å²) in [5.74, 6) is 0.0826. The van der Waals surface area contributed by atoms with Crippen molar-refractivity contribution >= 4 is 28.2 Å². The van der Waals surface area contributed by atoms with Crippen LogP contribution in [-0.4, -0.2) is 18.4 Å². The topological polar surface area (TPSA) is 81.4 Å². The highest BCUT2D eigenvalue weighted by molar-refractivity contribution is 7.20. The van der Waals surface area contributed by atoms with Crippen molar-refractivity contribution in [1.29, 1.82) is 0 Å². The number of anilines is 1. The minimum absolute atomic E-state index is 0.214. The molecule has 0 saturated carbocycles. The summed E-state index contributed by atoms with van der Waals surface area (Å²) in [6.45, 7) is 3.96. The molecule has 23 heavy (non-hydrogen) atoms. The number of nitrogens with one attached hydrogen (secondary N) is 1. The number of aryl methyl sites for hydroxylation is 1. The summed E-state index contributed by atoms with van der Waals surface area (Å²) in [6, 6.07) is 6.02. The normalized spacial score (nSPS) is 12.3. The number of nitrogens with two attached hydrogens (primary N) is 1. The van der Waals surface area contributed by atoms with E-state index in [1.807, 2.05) is 19.1 Å². The van der Waals surface area contributed by atoms with Crippen LogP contribution in [0.3, 0.4) is 0 Å². The molecule has 1 aromatic heterocycles. The number of carbonyl (C=O) groups excluding carboxylic acids is 2. The first-order chi connectivity index (χ1) is 11.0. The van der Waals surface area contributed by atoms with Gasteiger partial charge in [-0.3, -0.25) is 9.59 Å². The molecule has 0 radical (unpaired) electrons. The number of benzene rings is 1. The second-order valence-corrected chi connectivity index (χ2v) is 6.43. The molecule has 1 aromatic carbocycles. The summed E-state index contributed by atoms with van der Waals surface area (Å²) in [4.78, 5) is 24.3. The summed E-state index contributed by atoms with van der Waals surface area (Å²) in [5, 5.41) is 3.26. The molecule has 0 saturated heterocycles. The molecular formula is C17H18N2O3S. The fourth-order valence-corrected chi connectivity index (χ4v) is 4.28. The highest BCUT2D eigenvalue weighted by Gasteiger charge is 2.27. The van der Waals surface area contributed by atoms with Crippen LogP contribution >= 0.6 is 11.3 Å². The van der Waals surface area contributed by atoms with E-state index in [1.54, 1.807) is 0 Å². The number of rotatable bonds is 4. The minimum atomic E-state index is -0.504. The number of carbonyl (C=O) groups is 2. The highest BCUT2D eigenvalue weighted by atomic mass is 32.1. The number of primary amides is 1. The Balaban J connectivity index is 2.16. The lowest BCUT2D eigenvalue weighted by Gasteiger charge is -2.18. The summed E-state index contributed by atoms with van der Waals surface area (Å²) < 4.78 is 5.58. The first kappa shape index (κ1) is 15.6. The summed E-state index contributed by atoms with van der Waals surface area (Å²) in [6.07, 6.45) is 1.58. The van der Waals surface area contributed by atoms with Crippen molar-refractivity contribution in [1.82, 2.24) is 0 Å². The Bertz CT molecular complexity index is 795. The molecule has 3 rings (SSSR count). The van der Waals surface area contributed by atoms with Crippen LogP contribution in [0.4, 0.5) is 5.00 Å². The van der Waals surface area contributed by atoms with Gasteiger partial charge in [-0.1, -0.05) is 6.07 Å². The van der Waals surface area contributed by atoms with E-state index in [1.165, 1.54) is 23.8 Å². The lowest BCUT2D eigenvalue weighted by molar-refractivity contribution is -0.114. The van der Waals surface area contributed by atoms with E-state index < -0.39 is 5.91 Å². The Labute approximate surface area is 138 Å². The number of hydrogen-bond donors (Lipinski definition) is 2. The van der Waals surface area contributed by atoms with Gasteiger partial charge < -0.3 is 15.8 Å². The molecule has 6 heteroatoms. The van der Waals surface area contributed by atoms with Crippen molar-refractivity contribution < 1.29 is 14.3 Å². The van der Waals surface area contributed by atoms with E-state index in [9.17, 15) is 9.59 Å². The quantitative estimate of drug-likeness (QED) is 0.904. The molecule has 2 aromatic rings.